The summed E-state index contributed by atoms with van der Waals surface area (Å²) in [6.45, 7) is 2.96. The highest BCUT2D eigenvalue weighted by molar-refractivity contribution is 5.86. The number of aromatic nitrogens is 2. The lowest BCUT2D eigenvalue weighted by Gasteiger charge is -2.32. The summed E-state index contributed by atoms with van der Waals surface area (Å²) in [5.74, 6) is -2.41. The molecule has 10 N–H and O–H groups in total. The number of esters is 1. The van der Waals surface area contributed by atoms with Gasteiger partial charge in [-0.15, -0.1) is 0 Å². The Balaban J connectivity index is 1.83. The second-order valence-electron chi connectivity index (χ2n) is 7.21. The average Bonchev–Trinajstić information content (AvgIpc) is 2.70. The Kier molecular flexibility index (Phi) is 7.77. The minimum atomic E-state index is -1.21. The van der Waals surface area contributed by atoms with Crippen molar-refractivity contribution in [2.24, 2.45) is 5.73 Å². The van der Waals surface area contributed by atoms with E-state index in [2.05, 4.69) is 25.9 Å². The molecule has 2 rings (SSSR count). The van der Waals surface area contributed by atoms with Gasteiger partial charge >= 0.3 is 11.9 Å². The highest BCUT2D eigenvalue weighted by atomic mass is 16.6. The van der Waals surface area contributed by atoms with E-state index in [4.69, 9.17) is 21.3 Å². The quantitative estimate of drug-likeness (QED) is 0.186. The fourth-order valence-corrected chi connectivity index (χ4v) is 2.85. The standard InChI is InChI=1S/C17H27N7O7/c1-6(16(29)30)21-14(27)8(18)3-4-10(25)31-7(2)12(26)9-5-20-13-11(22-9)15(28)24-17(19)23-13/h6-9,12,22,26H,3-5,18H2,1-2H3,(H,21,27)(H,29,30)(H4,19,20,23,24,28). The third kappa shape index (κ3) is 6.29. The Morgan fingerprint density at radius 3 is 2.68 bits per heavy atom. The Labute approximate surface area is 176 Å². The number of aliphatic hydroxyl groups excluding tert-OH is 1. The summed E-state index contributed by atoms with van der Waals surface area (Å²) < 4.78 is 5.19. The van der Waals surface area contributed by atoms with Crippen molar-refractivity contribution in [3.63, 3.8) is 0 Å². The van der Waals surface area contributed by atoms with Crippen LogP contribution in [-0.2, 0) is 19.1 Å². The molecule has 0 aromatic carbocycles. The lowest BCUT2D eigenvalue weighted by molar-refractivity contribution is -0.154. The van der Waals surface area contributed by atoms with Crippen LogP contribution in [-0.4, -0.2) is 74.9 Å². The summed E-state index contributed by atoms with van der Waals surface area (Å²) in [4.78, 5) is 52.9. The zero-order valence-electron chi connectivity index (χ0n) is 17.0. The van der Waals surface area contributed by atoms with E-state index in [0.717, 1.165) is 0 Å². The number of nitrogens with two attached hydrogens (primary N) is 2. The first-order valence-electron chi connectivity index (χ1n) is 9.56. The Bertz CT molecular complexity index is 890. The van der Waals surface area contributed by atoms with E-state index in [1.807, 2.05) is 0 Å². The first kappa shape index (κ1) is 23.9. The fourth-order valence-electron chi connectivity index (χ4n) is 2.85. The molecule has 31 heavy (non-hydrogen) atoms. The van der Waals surface area contributed by atoms with Crippen LogP contribution in [0.25, 0.3) is 0 Å². The number of hydrogen-bond donors (Lipinski definition) is 8. The Morgan fingerprint density at radius 1 is 1.35 bits per heavy atom. The third-order valence-corrected chi connectivity index (χ3v) is 4.69. The molecule has 0 radical (unpaired) electrons. The molecule has 1 aromatic rings. The van der Waals surface area contributed by atoms with Gasteiger partial charge in [-0.1, -0.05) is 0 Å². The zero-order valence-corrected chi connectivity index (χ0v) is 17.0. The highest BCUT2D eigenvalue weighted by Gasteiger charge is 2.32. The second-order valence-corrected chi connectivity index (χ2v) is 7.21. The molecule has 1 aliphatic heterocycles. The van der Waals surface area contributed by atoms with Gasteiger partial charge in [0.15, 0.2) is 5.82 Å². The van der Waals surface area contributed by atoms with Crippen molar-refractivity contribution in [1.82, 2.24) is 15.3 Å². The number of nitrogens with zero attached hydrogens (tertiary/aromatic N) is 1. The molecule has 5 unspecified atom stereocenters. The van der Waals surface area contributed by atoms with Gasteiger partial charge in [-0.2, -0.15) is 4.98 Å². The minimum Gasteiger partial charge on any atom is -0.480 e. The van der Waals surface area contributed by atoms with Crippen LogP contribution in [0.15, 0.2) is 4.79 Å². The van der Waals surface area contributed by atoms with E-state index in [1.54, 1.807) is 0 Å². The molecular weight excluding hydrogens is 414 g/mol. The van der Waals surface area contributed by atoms with Gasteiger partial charge in [-0.25, -0.2) is 0 Å². The van der Waals surface area contributed by atoms with Crippen LogP contribution in [0, 0.1) is 0 Å². The van der Waals surface area contributed by atoms with Gasteiger partial charge in [0.25, 0.3) is 5.56 Å². The van der Waals surface area contributed by atoms with Crippen LogP contribution in [0.3, 0.4) is 0 Å². The number of hydrogen-bond acceptors (Lipinski definition) is 11. The number of rotatable bonds is 9. The molecule has 172 valence electrons. The smallest absolute Gasteiger partial charge is 0.325 e. The van der Waals surface area contributed by atoms with Crippen molar-refractivity contribution in [3.8, 4) is 0 Å². The van der Waals surface area contributed by atoms with Crippen LogP contribution in [0.4, 0.5) is 17.5 Å². The summed E-state index contributed by atoms with van der Waals surface area (Å²) in [5.41, 5.74) is 10.7. The number of nitrogens with one attached hydrogen (secondary N) is 4. The maximum atomic E-state index is 12.1. The summed E-state index contributed by atoms with van der Waals surface area (Å²) in [5, 5.41) is 27.2. The number of aliphatic hydroxyl groups is 1. The van der Waals surface area contributed by atoms with Gasteiger partial charge in [0.05, 0.1) is 12.1 Å². The number of ether oxygens (including phenoxy) is 1. The van der Waals surface area contributed by atoms with Crippen LogP contribution < -0.4 is 33.0 Å². The number of carbonyl (C=O) groups is 3. The van der Waals surface area contributed by atoms with Gasteiger partial charge in [-0.3, -0.25) is 24.2 Å². The summed E-state index contributed by atoms with van der Waals surface area (Å²) >= 11 is 0. The number of carboxylic acid groups (broad SMARTS) is 1. The number of carbonyl (C=O) groups excluding carboxylic acids is 2. The molecule has 0 fully saturated rings. The van der Waals surface area contributed by atoms with E-state index < -0.39 is 53.7 Å². The topological polar surface area (TPSA) is 235 Å². The summed E-state index contributed by atoms with van der Waals surface area (Å²) in [7, 11) is 0. The number of carboxylic acids is 1. The van der Waals surface area contributed by atoms with Crippen LogP contribution in [0.2, 0.25) is 0 Å². The van der Waals surface area contributed by atoms with E-state index >= 15 is 0 Å². The van der Waals surface area contributed by atoms with Crippen LogP contribution in [0.5, 0.6) is 0 Å². The predicted molar refractivity (Wildman–Crippen MR) is 109 cm³/mol. The normalized spacial score (nSPS) is 18.9. The zero-order chi connectivity index (χ0) is 23.3. The molecule has 0 aliphatic carbocycles. The summed E-state index contributed by atoms with van der Waals surface area (Å²) in [6, 6.07) is -2.87. The molecule has 0 saturated heterocycles. The van der Waals surface area contributed by atoms with E-state index in [1.165, 1.54) is 13.8 Å². The third-order valence-electron chi connectivity index (χ3n) is 4.69. The number of aromatic amines is 1. The molecule has 0 saturated carbocycles. The molecular formula is C17H27N7O7. The summed E-state index contributed by atoms with van der Waals surface area (Å²) in [6.07, 6.45) is -2.39. The van der Waals surface area contributed by atoms with Crippen molar-refractivity contribution < 1.29 is 29.3 Å². The Hall–Kier alpha value is -3.39. The van der Waals surface area contributed by atoms with Gasteiger partial charge in [-0.05, 0) is 20.3 Å². The van der Waals surface area contributed by atoms with Gasteiger partial charge < -0.3 is 42.4 Å². The molecule has 0 bridgehead atoms. The van der Waals surface area contributed by atoms with Crippen LogP contribution >= 0.6 is 0 Å². The number of anilines is 3. The first-order valence-corrected chi connectivity index (χ1v) is 9.56. The van der Waals surface area contributed by atoms with Gasteiger partial charge in [0, 0.05) is 13.0 Å². The monoisotopic (exact) mass is 441 g/mol. The number of nitrogen functional groups attached to an aromatic ring is 1. The lowest BCUT2D eigenvalue weighted by atomic mass is 10.0. The van der Waals surface area contributed by atoms with E-state index in [-0.39, 0.29) is 36.8 Å². The second kappa shape index (κ2) is 10.1. The predicted octanol–water partition coefficient (Wildman–Crippen LogP) is -2.45. The average molecular weight is 441 g/mol. The maximum Gasteiger partial charge on any atom is 0.325 e. The number of amides is 1. The molecule has 2 heterocycles. The SMILES string of the molecule is CC(NC(=O)C(N)CCC(=O)OC(C)C(O)C1CNc2nc(N)[nH]c(=O)c2N1)C(=O)O. The van der Waals surface area contributed by atoms with E-state index in [9.17, 15) is 24.3 Å². The maximum absolute atomic E-state index is 12.1. The molecule has 1 aliphatic rings. The fraction of sp³-hybridized carbons (Fsp3) is 0.588. The minimum absolute atomic E-state index is 0.0522. The largest absolute Gasteiger partial charge is 0.480 e. The van der Waals surface area contributed by atoms with Gasteiger partial charge in [0.1, 0.15) is 23.9 Å². The van der Waals surface area contributed by atoms with Crippen molar-refractivity contribution >= 4 is 35.3 Å². The first-order chi connectivity index (χ1) is 14.5. The molecule has 1 aromatic heterocycles. The van der Waals surface area contributed by atoms with Crippen molar-refractivity contribution in [1.29, 1.82) is 0 Å². The molecule has 14 heteroatoms. The molecule has 5 atom stereocenters. The van der Waals surface area contributed by atoms with Crippen molar-refractivity contribution in [3.05, 3.63) is 10.4 Å². The highest BCUT2D eigenvalue weighted by Crippen LogP contribution is 2.22. The van der Waals surface area contributed by atoms with Crippen LogP contribution in [0.1, 0.15) is 26.7 Å². The Morgan fingerprint density at radius 2 is 2.03 bits per heavy atom. The van der Waals surface area contributed by atoms with Crippen molar-refractivity contribution in [2.75, 3.05) is 22.9 Å². The number of H-pyrrole nitrogens is 1. The van der Waals surface area contributed by atoms with Gasteiger partial charge in [0.2, 0.25) is 11.9 Å². The molecule has 1 amide bonds. The van der Waals surface area contributed by atoms with E-state index in [0.29, 0.717) is 0 Å². The molecule has 0 spiro atoms. The van der Waals surface area contributed by atoms with Crippen molar-refractivity contribution in [2.45, 2.75) is 57.0 Å². The number of aliphatic carboxylic acids is 1. The molecule has 14 nitrogen and oxygen atoms in total. The number of fused-ring (bicyclic) bond motifs is 1. The lowest BCUT2D eigenvalue weighted by Crippen LogP contribution is -2.50.